The fourth-order valence-electron chi connectivity index (χ4n) is 3.61. The van der Waals surface area contributed by atoms with Crippen LogP contribution in [0.25, 0.3) is 0 Å². The lowest BCUT2D eigenvalue weighted by Crippen LogP contribution is -2.27. The van der Waals surface area contributed by atoms with Crippen molar-refractivity contribution < 1.29 is 19.1 Å². The Morgan fingerprint density at radius 1 is 0.935 bits per heavy atom. The van der Waals surface area contributed by atoms with Crippen LogP contribution < -0.4 is 9.47 Å². The molecule has 3 aromatic carbocycles. The van der Waals surface area contributed by atoms with Gasteiger partial charge in [0.15, 0.2) is 0 Å². The quantitative estimate of drug-likeness (QED) is 0.452. The third kappa shape index (κ3) is 4.33. The Kier molecular flexibility index (Phi) is 5.80. The molecule has 1 aliphatic rings. The van der Waals surface area contributed by atoms with Crippen molar-refractivity contribution >= 4 is 17.6 Å². The average molecular weight is 414 g/mol. The Hall–Kier alpha value is -3.93. The van der Waals surface area contributed by atoms with Gasteiger partial charge in [-0.3, -0.25) is 9.59 Å². The summed E-state index contributed by atoms with van der Waals surface area (Å²) in [4.78, 5) is 24.8. The van der Waals surface area contributed by atoms with Crippen LogP contribution in [0.2, 0.25) is 0 Å². The first kappa shape index (κ1) is 20.3. The zero-order valence-corrected chi connectivity index (χ0v) is 17.3. The number of esters is 1. The van der Waals surface area contributed by atoms with Gasteiger partial charge < -0.3 is 9.47 Å². The maximum Gasteiger partial charge on any atom is 0.308 e. The zero-order chi connectivity index (χ0) is 21.8. The summed E-state index contributed by atoms with van der Waals surface area (Å²) in [5, 5.41) is 6.19. The first-order valence-electron chi connectivity index (χ1n) is 9.94. The minimum Gasteiger partial charge on any atom is -0.497 e. The molecule has 0 fully saturated rings. The monoisotopic (exact) mass is 414 g/mol. The van der Waals surface area contributed by atoms with Gasteiger partial charge in [-0.2, -0.15) is 5.10 Å². The molecule has 1 aliphatic heterocycles. The van der Waals surface area contributed by atoms with Crippen LogP contribution in [0.3, 0.4) is 0 Å². The molecule has 156 valence electrons. The van der Waals surface area contributed by atoms with E-state index < -0.39 is 5.97 Å². The highest BCUT2D eigenvalue weighted by molar-refractivity contribution is 6.07. The van der Waals surface area contributed by atoms with Gasteiger partial charge in [-0.15, -0.1) is 0 Å². The Balaban J connectivity index is 1.74. The SMILES string of the molecule is COc1ccc(C2CC(c3ccccc3OC(C)=O)=NN2C(=O)c2ccccc2)cc1. The normalized spacial score (nSPS) is 15.4. The van der Waals surface area contributed by atoms with Gasteiger partial charge in [0.2, 0.25) is 0 Å². The molecule has 6 nitrogen and oxygen atoms in total. The van der Waals surface area contributed by atoms with Crippen LogP contribution >= 0.6 is 0 Å². The van der Waals surface area contributed by atoms with Crippen molar-refractivity contribution in [3.05, 3.63) is 95.6 Å². The molecular formula is C25H22N2O4. The number of carbonyl (C=O) groups excluding carboxylic acids is 2. The third-order valence-electron chi connectivity index (χ3n) is 5.09. The second-order valence-electron chi connectivity index (χ2n) is 7.15. The molecule has 0 aromatic heterocycles. The first-order valence-corrected chi connectivity index (χ1v) is 9.94. The summed E-state index contributed by atoms with van der Waals surface area (Å²) in [7, 11) is 1.61. The highest BCUT2D eigenvalue weighted by Crippen LogP contribution is 2.36. The maximum absolute atomic E-state index is 13.3. The predicted octanol–water partition coefficient (Wildman–Crippen LogP) is 4.61. The molecule has 6 heteroatoms. The number of hydrogen-bond acceptors (Lipinski definition) is 5. The average Bonchev–Trinajstić information content (AvgIpc) is 3.24. The fourth-order valence-corrected chi connectivity index (χ4v) is 3.61. The van der Waals surface area contributed by atoms with E-state index in [-0.39, 0.29) is 11.9 Å². The number of methoxy groups -OCH3 is 1. The van der Waals surface area contributed by atoms with Crippen LogP contribution in [0.15, 0.2) is 84.0 Å². The third-order valence-corrected chi connectivity index (χ3v) is 5.09. The number of para-hydroxylation sites is 1. The standard InChI is InChI=1S/C25H22N2O4/c1-17(28)31-24-11-7-6-10-21(24)22-16-23(18-12-14-20(30-2)15-13-18)27(26-22)25(29)19-8-4-3-5-9-19/h3-15,23H,16H2,1-2H3. The highest BCUT2D eigenvalue weighted by Gasteiger charge is 2.34. The number of nitrogens with zero attached hydrogens (tertiary/aromatic N) is 2. The van der Waals surface area contributed by atoms with Crippen molar-refractivity contribution in [1.82, 2.24) is 5.01 Å². The van der Waals surface area contributed by atoms with Gasteiger partial charge in [0, 0.05) is 24.5 Å². The molecule has 0 radical (unpaired) electrons. The first-order chi connectivity index (χ1) is 15.1. The van der Waals surface area contributed by atoms with Gasteiger partial charge in [0.05, 0.1) is 18.9 Å². The van der Waals surface area contributed by atoms with Crippen LogP contribution in [-0.2, 0) is 4.79 Å². The lowest BCUT2D eigenvalue weighted by molar-refractivity contribution is -0.131. The smallest absolute Gasteiger partial charge is 0.308 e. The number of benzene rings is 3. The maximum atomic E-state index is 13.3. The molecular weight excluding hydrogens is 392 g/mol. The molecule has 0 spiro atoms. The van der Waals surface area contributed by atoms with E-state index in [4.69, 9.17) is 9.47 Å². The van der Waals surface area contributed by atoms with Crippen molar-refractivity contribution in [3.8, 4) is 11.5 Å². The summed E-state index contributed by atoms with van der Waals surface area (Å²) in [6.07, 6.45) is 0.489. The van der Waals surface area contributed by atoms with Gasteiger partial charge in [0.25, 0.3) is 5.91 Å². The summed E-state index contributed by atoms with van der Waals surface area (Å²) >= 11 is 0. The Morgan fingerprint density at radius 3 is 2.29 bits per heavy atom. The number of carbonyl (C=O) groups is 2. The van der Waals surface area contributed by atoms with E-state index in [1.165, 1.54) is 11.9 Å². The fraction of sp³-hybridized carbons (Fsp3) is 0.160. The molecule has 0 saturated heterocycles. The molecule has 1 amide bonds. The van der Waals surface area contributed by atoms with Gasteiger partial charge in [-0.25, -0.2) is 5.01 Å². The van der Waals surface area contributed by atoms with Crippen molar-refractivity contribution in [2.75, 3.05) is 7.11 Å². The molecule has 0 N–H and O–H groups in total. The molecule has 0 aliphatic carbocycles. The molecule has 1 heterocycles. The number of ether oxygens (including phenoxy) is 2. The Bertz CT molecular complexity index is 1120. The lowest BCUT2D eigenvalue weighted by atomic mass is 9.97. The van der Waals surface area contributed by atoms with Crippen LogP contribution in [-0.4, -0.2) is 29.7 Å². The molecule has 0 bridgehead atoms. The van der Waals surface area contributed by atoms with Crippen LogP contribution in [0, 0.1) is 0 Å². The van der Waals surface area contributed by atoms with Crippen molar-refractivity contribution in [2.24, 2.45) is 5.10 Å². The minimum atomic E-state index is -0.407. The van der Waals surface area contributed by atoms with Crippen molar-refractivity contribution in [3.63, 3.8) is 0 Å². The van der Waals surface area contributed by atoms with E-state index in [0.717, 1.165) is 11.3 Å². The number of rotatable bonds is 5. The van der Waals surface area contributed by atoms with E-state index in [1.807, 2.05) is 54.6 Å². The highest BCUT2D eigenvalue weighted by atomic mass is 16.5. The number of hydrazone groups is 1. The molecule has 4 rings (SSSR count). The van der Waals surface area contributed by atoms with E-state index in [0.29, 0.717) is 29.0 Å². The molecule has 1 atom stereocenters. The summed E-state index contributed by atoms with van der Waals surface area (Å²) in [5.41, 5.74) is 2.87. The molecule has 31 heavy (non-hydrogen) atoms. The Morgan fingerprint density at radius 2 is 1.61 bits per heavy atom. The minimum absolute atomic E-state index is 0.193. The largest absolute Gasteiger partial charge is 0.497 e. The molecule has 3 aromatic rings. The van der Waals surface area contributed by atoms with Gasteiger partial charge in [0.1, 0.15) is 11.5 Å². The van der Waals surface area contributed by atoms with Crippen LogP contribution in [0.1, 0.15) is 40.9 Å². The van der Waals surface area contributed by atoms with Crippen molar-refractivity contribution in [2.45, 2.75) is 19.4 Å². The van der Waals surface area contributed by atoms with Crippen molar-refractivity contribution in [1.29, 1.82) is 0 Å². The van der Waals surface area contributed by atoms with E-state index in [1.54, 1.807) is 31.4 Å². The van der Waals surface area contributed by atoms with Gasteiger partial charge in [-0.05, 0) is 42.0 Å². The number of hydrogen-bond donors (Lipinski definition) is 0. The second kappa shape index (κ2) is 8.83. The van der Waals surface area contributed by atoms with Crippen LogP contribution in [0.4, 0.5) is 0 Å². The predicted molar refractivity (Wildman–Crippen MR) is 117 cm³/mol. The summed E-state index contributed by atoms with van der Waals surface area (Å²) in [6, 6.07) is 23.6. The summed E-state index contributed by atoms with van der Waals surface area (Å²) in [5.74, 6) is 0.566. The second-order valence-corrected chi connectivity index (χ2v) is 7.15. The Labute approximate surface area is 180 Å². The summed E-state index contributed by atoms with van der Waals surface area (Å²) < 4.78 is 10.6. The zero-order valence-electron chi connectivity index (χ0n) is 17.3. The number of amides is 1. The topological polar surface area (TPSA) is 68.2 Å². The van der Waals surface area contributed by atoms with E-state index >= 15 is 0 Å². The lowest BCUT2D eigenvalue weighted by Gasteiger charge is -2.22. The van der Waals surface area contributed by atoms with E-state index in [9.17, 15) is 9.59 Å². The van der Waals surface area contributed by atoms with Gasteiger partial charge >= 0.3 is 5.97 Å². The van der Waals surface area contributed by atoms with E-state index in [2.05, 4.69) is 5.10 Å². The van der Waals surface area contributed by atoms with Gasteiger partial charge in [-0.1, -0.05) is 42.5 Å². The summed E-state index contributed by atoms with van der Waals surface area (Å²) in [6.45, 7) is 1.36. The molecule has 0 saturated carbocycles. The van der Waals surface area contributed by atoms with Crippen LogP contribution in [0.5, 0.6) is 11.5 Å². The molecule has 1 unspecified atom stereocenters.